The van der Waals surface area contributed by atoms with Gasteiger partial charge in [-0.15, -0.1) is 0 Å². The van der Waals surface area contributed by atoms with Gasteiger partial charge in [-0.25, -0.2) is 4.79 Å². The molecule has 178 valence electrons. The van der Waals surface area contributed by atoms with Crippen LogP contribution < -0.4 is 24.7 Å². The number of fused-ring (bicyclic) bond motifs is 1. The molecule has 3 aromatic rings. The molecule has 1 aliphatic rings. The van der Waals surface area contributed by atoms with E-state index >= 15 is 0 Å². The van der Waals surface area contributed by atoms with Crippen molar-refractivity contribution in [2.24, 2.45) is 5.73 Å². The number of hydrogen-bond donors (Lipinski definition) is 1. The van der Waals surface area contributed by atoms with E-state index in [0.29, 0.717) is 29.4 Å². The maximum absolute atomic E-state index is 12.4. The molecular formula is C28H26N2O5. The van der Waals surface area contributed by atoms with E-state index in [2.05, 4.69) is 6.07 Å². The summed E-state index contributed by atoms with van der Waals surface area (Å²) in [7, 11) is 0. The van der Waals surface area contributed by atoms with Crippen molar-refractivity contribution in [2.45, 2.75) is 26.7 Å². The van der Waals surface area contributed by atoms with Gasteiger partial charge in [0.15, 0.2) is 6.61 Å². The number of rotatable bonds is 7. The zero-order chi connectivity index (χ0) is 24.9. The second-order valence-corrected chi connectivity index (χ2v) is 8.18. The lowest BCUT2D eigenvalue weighted by Crippen LogP contribution is -2.22. The number of carbonyl (C=O) groups is 1. The molecule has 0 saturated carbocycles. The fourth-order valence-electron chi connectivity index (χ4n) is 4.14. The van der Waals surface area contributed by atoms with Gasteiger partial charge in [0, 0.05) is 17.2 Å². The smallest absolute Gasteiger partial charge is 0.349 e. The van der Waals surface area contributed by atoms with Gasteiger partial charge in [-0.1, -0.05) is 30.3 Å². The summed E-state index contributed by atoms with van der Waals surface area (Å²) in [5.41, 5.74) is 10.0. The summed E-state index contributed by atoms with van der Waals surface area (Å²) in [4.78, 5) is 12.4. The minimum atomic E-state index is -0.556. The molecule has 0 radical (unpaired) electrons. The van der Waals surface area contributed by atoms with E-state index in [-0.39, 0.29) is 23.8 Å². The van der Waals surface area contributed by atoms with Crippen LogP contribution in [0, 0.1) is 25.2 Å². The highest BCUT2D eigenvalue weighted by molar-refractivity contribution is 5.74. The summed E-state index contributed by atoms with van der Waals surface area (Å²) in [6.45, 7) is 6.06. The van der Waals surface area contributed by atoms with Crippen LogP contribution in [-0.4, -0.2) is 19.2 Å². The SMILES string of the molecule is CCOc1ccccc1C1C(C#N)=C(N)Oc2cc(OC(=O)COc3cc(C)cc(C)c3)ccc21. The molecule has 2 N–H and O–H groups in total. The van der Waals surface area contributed by atoms with Gasteiger partial charge in [0.25, 0.3) is 0 Å². The average Bonchev–Trinajstić information content (AvgIpc) is 2.82. The second kappa shape index (κ2) is 10.2. The van der Waals surface area contributed by atoms with Crippen LogP contribution >= 0.6 is 0 Å². The lowest BCUT2D eigenvalue weighted by Gasteiger charge is -2.27. The zero-order valence-corrected chi connectivity index (χ0v) is 19.8. The highest BCUT2D eigenvalue weighted by atomic mass is 16.6. The highest BCUT2D eigenvalue weighted by Gasteiger charge is 2.32. The molecular weight excluding hydrogens is 444 g/mol. The van der Waals surface area contributed by atoms with Gasteiger partial charge in [-0.2, -0.15) is 5.26 Å². The Balaban J connectivity index is 1.57. The zero-order valence-electron chi connectivity index (χ0n) is 19.8. The number of esters is 1. The summed E-state index contributed by atoms with van der Waals surface area (Å²) in [6.07, 6.45) is 0. The molecule has 0 aliphatic carbocycles. The van der Waals surface area contributed by atoms with Crippen LogP contribution in [0.4, 0.5) is 0 Å². The molecule has 1 atom stereocenters. The summed E-state index contributed by atoms with van der Waals surface area (Å²) in [5, 5.41) is 9.81. The van der Waals surface area contributed by atoms with Crippen molar-refractivity contribution in [2.75, 3.05) is 13.2 Å². The van der Waals surface area contributed by atoms with Crippen molar-refractivity contribution in [1.29, 1.82) is 5.26 Å². The quantitative estimate of drug-likeness (QED) is 0.387. The standard InChI is InChI=1S/C28H26N2O5/c1-4-32-24-8-6-5-7-21(24)27-22-10-9-19(14-25(22)35-28(30)23(27)15-29)34-26(31)16-33-20-12-17(2)11-18(3)13-20/h5-14,27H,4,16,30H2,1-3H3. The third-order valence-corrected chi connectivity index (χ3v) is 5.50. The molecule has 7 nitrogen and oxygen atoms in total. The van der Waals surface area contributed by atoms with Crippen molar-refractivity contribution in [3.05, 3.63) is 94.4 Å². The minimum absolute atomic E-state index is 0.00192. The molecule has 0 saturated heterocycles. The Labute approximate surface area is 204 Å². The number of para-hydroxylation sites is 1. The van der Waals surface area contributed by atoms with Gasteiger partial charge in [0.1, 0.15) is 34.6 Å². The number of carbonyl (C=O) groups excluding carboxylic acids is 1. The number of nitrogens with two attached hydrogens (primary N) is 1. The Morgan fingerprint density at radius 3 is 2.46 bits per heavy atom. The van der Waals surface area contributed by atoms with Crippen molar-refractivity contribution in [1.82, 2.24) is 0 Å². The van der Waals surface area contributed by atoms with Gasteiger partial charge < -0.3 is 24.7 Å². The monoisotopic (exact) mass is 470 g/mol. The normalized spacial score (nSPS) is 14.4. The molecule has 3 aromatic carbocycles. The molecule has 7 heteroatoms. The molecule has 0 bridgehead atoms. The van der Waals surface area contributed by atoms with E-state index in [0.717, 1.165) is 16.7 Å². The van der Waals surface area contributed by atoms with Crippen molar-refractivity contribution in [3.8, 4) is 29.1 Å². The number of benzene rings is 3. The Morgan fingerprint density at radius 2 is 1.74 bits per heavy atom. The van der Waals surface area contributed by atoms with Gasteiger partial charge in [0.05, 0.1) is 12.5 Å². The van der Waals surface area contributed by atoms with Gasteiger partial charge in [0.2, 0.25) is 5.88 Å². The first kappa shape index (κ1) is 23.7. The Morgan fingerprint density at radius 1 is 1.00 bits per heavy atom. The second-order valence-electron chi connectivity index (χ2n) is 8.18. The lowest BCUT2D eigenvalue weighted by atomic mass is 9.83. The molecule has 1 heterocycles. The van der Waals surface area contributed by atoms with Crippen molar-refractivity contribution < 1.29 is 23.7 Å². The summed E-state index contributed by atoms with van der Waals surface area (Å²) >= 11 is 0. The molecule has 4 rings (SSSR count). The first-order chi connectivity index (χ1) is 16.9. The fourth-order valence-corrected chi connectivity index (χ4v) is 4.14. The highest BCUT2D eigenvalue weighted by Crippen LogP contribution is 2.45. The van der Waals surface area contributed by atoms with Crippen LogP contribution in [-0.2, 0) is 4.79 Å². The predicted octanol–water partition coefficient (Wildman–Crippen LogP) is 4.90. The lowest BCUT2D eigenvalue weighted by molar-refractivity contribution is -0.136. The van der Waals surface area contributed by atoms with E-state index in [1.807, 2.05) is 63.2 Å². The van der Waals surface area contributed by atoms with E-state index in [1.165, 1.54) is 0 Å². The third kappa shape index (κ3) is 5.22. The van der Waals surface area contributed by atoms with E-state index in [1.54, 1.807) is 18.2 Å². The number of allylic oxidation sites excluding steroid dienone is 1. The minimum Gasteiger partial charge on any atom is -0.494 e. The maximum Gasteiger partial charge on any atom is 0.349 e. The number of ether oxygens (including phenoxy) is 4. The van der Waals surface area contributed by atoms with Crippen LogP contribution in [0.2, 0.25) is 0 Å². The maximum atomic E-state index is 12.4. The molecule has 0 aromatic heterocycles. The molecule has 1 unspecified atom stereocenters. The van der Waals surface area contributed by atoms with E-state index in [4.69, 9.17) is 24.7 Å². The number of hydrogen-bond acceptors (Lipinski definition) is 7. The van der Waals surface area contributed by atoms with Crippen LogP contribution in [0.3, 0.4) is 0 Å². The molecule has 1 aliphatic heterocycles. The molecule has 0 fully saturated rings. The summed E-state index contributed by atoms with van der Waals surface area (Å²) < 4.78 is 22.6. The average molecular weight is 471 g/mol. The van der Waals surface area contributed by atoms with Crippen LogP contribution in [0.5, 0.6) is 23.0 Å². The van der Waals surface area contributed by atoms with Crippen molar-refractivity contribution >= 4 is 5.97 Å². The first-order valence-corrected chi connectivity index (χ1v) is 11.2. The topological polar surface area (TPSA) is 104 Å². The molecule has 0 amide bonds. The van der Waals surface area contributed by atoms with Crippen LogP contribution in [0.15, 0.2) is 72.1 Å². The Hall–Kier alpha value is -4.44. The number of nitrogens with zero attached hydrogens (tertiary/aromatic N) is 1. The fraction of sp³-hybridized carbons (Fsp3) is 0.214. The third-order valence-electron chi connectivity index (χ3n) is 5.50. The van der Waals surface area contributed by atoms with Gasteiger partial charge in [-0.05, 0) is 56.2 Å². The van der Waals surface area contributed by atoms with Crippen LogP contribution in [0.1, 0.15) is 35.1 Å². The molecule has 35 heavy (non-hydrogen) atoms. The van der Waals surface area contributed by atoms with Gasteiger partial charge in [-0.3, -0.25) is 0 Å². The number of nitriles is 1. The van der Waals surface area contributed by atoms with E-state index in [9.17, 15) is 10.1 Å². The Kier molecular flexibility index (Phi) is 6.93. The predicted molar refractivity (Wildman–Crippen MR) is 130 cm³/mol. The van der Waals surface area contributed by atoms with E-state index < -0.39 is 11.9 Å². The largest absolute Gasteiger partial charge is 0.494 e. The Bertz CT molecular complexity index is 1320. The summed E-state index contributed by atoms with van der Waals surface area (Å²) in [5.74, 6) is 0.904. The molecule has 0 spiro atoms. The summed E-state index contributed by atoms with van der Waals surface area (Å²) in [6, 6.07) is 20.4. The van der Waals surface area contributed by atoms with Crippen LogP contribution in [0.25, 0.3) is 0 Å². The first-order valence-electron chi connectivity index (χ1n) is 11.2. The van der Waals surface area contributed by atoms with Crippen molar-refractivity contribution in [3.63, 3.8) is 0 Å². The number of aryl methyl sites for hydroxylation is 2. The van der Waals surface area contributed by atoms with Gasteiger partial charge >= 0.3 is 5.97 Å².